The van der Waals surface area contributed by atoms with E-state index in [1.54, 1.807) is 11.3 Å². The van der Waals surface area contributed by atoms with Gasteiger partial charge in [0.2, 0.25) is 0 Å². The van der Waals surface area contributed by atoms with Crippen molar-refractivity contribution >= 4 is 55.5 Å². The highest BCUT2D eigenvalue weighted by Gasteiger charge is 2.19. The van der Waals surface area contributed by atoms with Gasteiger partial charge in [0.1, 0.15) is 0 Å². The summed E-state index contributed by atoms with van der Waals surface area (Å²) >= 11 is 1.79. The predicted octanol–water partition coefficient (Wildman–Crippen LogP) is 10.1. The molecule has 0 aliphatic carbocycles. The second kappa shape index (κ2) is 9.73. The van der Waals surface area contributed by atoms with Crippen LogP contribution in [-0.2, 0) is 0 Å². The van der Waals surface area contributed by atoms with E-state index in [1.165, 1.54) is 21.3 Å². The molecule has 0 N–H and O–H groups in total. The maximum Gasteiger partial charge on any atom is 0.0647 e. The van der Waals surface area contributed by atoms with E-state index in [0.717, 1.165) is 28.4 Å². The summed E-state index contributed by atoms with van der Waals surface area (Å²) < 4.78 is 1.29. The maximum atomic E-state index is 2.38. The van der Waals surface area contributed by atoms with E-state index in [0.29, 0.717) is 0 Å². The van der Waals surface area contributed by atoms with Gasteiger partial charge in [-0.25, -0.2) is 0 Å². The first-order valence-corrected chi connectivity index (χ1v) is 13.0. The lowest BCUT2D eigenvalue weighted by molar-refractivity contribution is 1.24. The van der Waals surface area contributed by atoms with Crippen LogP contribution in [0, 0.1) is 6.92 Å². The molecular weight excluding hydrogens is 456 g/mol. The van der Waals surface area contributed by atoms with Crippen LogP contribution < -0.4 is 9.80 Å². The van der Waals surface area contributed by atoms with Gasteiger partial charge in [-0.05, 0) is 73.2 Å². The van der Waals surface area contributed by atoms with Crippen molar-refractivity contribution < 1.29 is 0 Å². The molecule has 0 spiro atoms. The molecule has 0 bridgehead atoms. The smallest absolute Gasteiger partial charge is 0.0647 e. The molecule has 0 saturated carbocycles. The number of hydrogen-bond acceptors (Lipinski definition) is 3. The standard InChI is InChI=1S/C33H26N2S/c1-25-21-29(34(26-13-5-2-6-14-26)27-15-7-3-8-16-27)23-30(22-25)35(28-17-9-4-10-18-28)32-24-36-33-20-12-11-19-31(32)33/h2-24H,1H3. The van der Waals surface area contributed by atoms with E-state index in [4.69, 9.17) is 0 Å². The van der Waals surface area contributed by atoms with Gasteiger partial charge in [0.25, 0.3) is 0 Å². The first-order chi connectivity index (χ1) is 17.8. The summed E-state index contributed by atoms with van der Waals surface area (Å²) in [5.74, 6) is 0. The molecular formula is C33H26N2S. The molecule has 1 heterocycles. The molecule has 0 aliphatic rings. The number of thiophene rings is 1. The van der Waals surface area contributed by atoms with Crippen LogP contribution in [-0.4, -0.2) is 0 Å². The Hall–Kier alpha value is -4.34. The minimum Gasteiger partial charge on any atom is -0.310 e. The molecule has 0 atom stereocenters. The summed E-state index contributed by atoms with van der Waals surface area (Å²) in [5, 5.41) is 3.53. The van der Waals surface area contributed by atoms with Crippen molar-refractivity contribution in [3.8, 4) is 0 Å². The number of aryl methyl sites for hydroxylation is 1. The van der Waals surface area contributed by atoms with Crippen LogP contribution in [0.15, 0.2) is 139 Å². The molecule has 6 aromatic rings. The number of para-hydroxylation sites is 3. The normalized spacial score (nSPS) is 10.9. The minimum absolute atomic E-state index is 1.13. The van der Waals surface area contributed by atoms with Crippen molar-refractivity contribution in [1.29, 1.82) is 0 Å². The molecule has 0 aliphatic heterocycles. The van der Waals surface area contributed by atoms with Crippen molar-refractivity contribution in [2.75, 3.05) is 9.80 Å². The highest BCUT2D eigenvalue weighted by Crippen LogP contribution is 2.44. The van der Waals surface area contributed by atoms with Crippen molar-refractivity contribution in [3.63, 3.8) is 0 Å². The van der Waals surface area contributed by atoms with Crippen LogP contribution in [0.1, 0.15) is 5.56 Å². The zero-order valence-corrected chi connectivity index (χ0v) is 20.9. The van der Waals surface area contributed by atoms with E-state index in [9.17, 15) is 0 Å². The summed E-state index contributed by atoms with van der Waals surface area (Å²) in [6.07, 6.45) is 0. The Balaban J connectivity index is 1.56. The highest BCUT2D eigenvalue weighted by molar-refractivity contribution is 7.17. The Morgan fingerprint density at radius 2 is 0.944 bits per heavy atom. The molecule has 1 aromatic heterocycles. The van der Waals surface area contributed by atoms with Crippen LogP contribution >= 0.6 is 11.3 Å². The van der Waals surface area contributed by atoms with Gasteiger partial charge in [-0.3, -0.25) is 0 Å². The fourth-order valence-corrected chi connectivity index (χ4v) is 5.67. The molecule has 0 amide bonds. The van der Waals surface area contributed by atoms with Gasteiger partial charge in [-0.2, -0.15) is 0 Å². The molecule has 36 heavy (non-hydrogen) atoms. The topological polar surface area (TPSA) is 6.48 Å². The lowest BCUT2D eigenvalue weighted by Gasteiger charge is -2.29. The highest BCUT2D eigenvalue weighted by atomic mass is 32.1. The zero-order valence-electron chi connectivity index (χ0n) is 20.1. The molecule has 3 heteroatoms. The third-order valence-corrected chi connectivity index (χ3v) is 7.26. The Morgan fingerprint density at radius 3 is 1.53 bits per heavy atom. The monoisotopic (exact) mass is 482 g/mol. The zero-order chi connectivity index (χ0) is 24.3. The largest absolute Gasteiger partial charge is 0.310 e. The summed E-state index contributed by atoms with van der Waals surface area (Å²) in [6.45, 7) is 2.18. The number of rotatable bonds is 6. The van der Waals surface area contributed by atoms with Crippen molar-refractivity contribution in [2.24, 2.45) is 0 Å². The van der Waals surface area contributed by atoms with Gasteiger partial charge in [-0.1, -0.05) is 72.8 Å². The average Bonchev–Trinajstić information content (AvgIpc) is 3.34. The Labute approximate surface area is 216 Å². The molecule has 6 rings (SSSR count). The van der Waals surface area contributed by atoms with E-state index in [-0.39, 0.29) is 0 Å². The van der Waals surface area contributed by atoms with Crippen molar-refractivity contribution in [1.82, 2.24) is 0 Å². The molecule has 0 saturated heterocycles. The molecule has 174 valence electrons. The number of nitrogens with zero attached hydrogens (tertiary/aromatic N) is 2. The van der Waals surface area contributed by atoms with Gasteiger partial charge >= 0.3 is 0 Å². The minimum atomic E-state index is 1.13. The summed E-state index contributed by atoms with van der Waals surface area (Å²) in [5.41, 5.74) is 8.08. The van der Waals surface area contributed by atoms with Crippen molar-refractivity contribution in [3.05, 3.63) is 144 Å². The van der Waals surface area contributed by atoms with Crippen LogP contribution in [0.25, 0.3) is 10.1 Å². The Morgan fingerprint density at radius 1 is 0.472 bits per heavy atom. The second-order valence-electron chi connectivity index (χ2n) is 8.82. The third kappa shape index (κ3) is 4.26. The molecule has 2 nitrogen and oxygen atoms in total. The number of fused-ring (bicyclic) bond motifs is 1. The summed E-state index contributed by atoms with van der Waals surface area (Å²) in [6, 6.07) is 47.3. The SMILES string of the molecule is Cc1cc(N(c2ccccc2)c2ccccc2)cc(N(c2ccccc2)c2csc3ccccc23)c1. The Bertz CT molecular complexity index is 1550. The number of anilines is 6. The molecule has 0 unspecified atom stereocenters. The first kappa shape index (κ1) is 22.1. The van der Waals surface area contributed by atoms with Gasteiger partial charge in [-0.15, -0.1) is 11.3 Å². The summed E-state index contributed by atoms with van der Waals surface area (Å²) in [7, 11) is 0. The van der Waals surface area contributed by atoms with Gasteiger partial charge in [0.05, 0.1) is 5.69 Å². The quantitative estimate of drug-likeness (QED) is 0.233. The fourth-order valence-electron chi connectivity index (χ4n) is 4.74. The van der Waals surface area contributed by atoms with Crippen LogP contribution in [0.3, 0.4) is 0 Å². The molecule has 5 aromatic carbocycles. The lowest BCUT2D eigenvalue weighted by atomic mass is 10.1. The molecule has 0 radical (unpaired) electrons. The Kier molecular flexibility index (Phi) is 5.98. The van der Waals surface area contributed by atoms with Crippen LogP contribution in [0.2, 0.25) is 0 Å². The number of benzene rings is 5. The van der Waals surface area contributed by atoms with Gasteiger partial charge < -0.3 is 9.80 Å². The maximum absolute atomic E-state index is 2.38. The van der Waals surface area contributed by atoms with Gasteiger partial charge in [0.15, 0.2) is 0 Å². The fraction of sp³-hybridized carbons (Fsp3) is 0.0303. The van der Waals surface area contributed by atoms with E-state index < -0.39 is 0 Å². The molecule has 0 fully saturated rings. The van der Waals surface area contributed by atoms with Crippen molar-refractivity contribution in [2.45, 2.75) is 6.92 Å². The van der Waals surface area contributed by atoms with E-state index in [2.05, 4.69) is 156 Å². The summed E-state index contributed by atoms with van der Waals surface area (Å²) in [4.78, 5) is 4.70. The van der Waals surface area contributed by atoms with Crippen LogP contribution in [0.4, 0.5) is 34.1 Å². The lowest BCUT2D eigenvalue weighted by Crippen LogP contribution is -2.13. The van der Waals surface area contributed by atoms with Crippen LogP contribution in [0.5, 0.6) is 0 Å². The second-order valence-corrected chi connectivity index (χ2v) is 9.73. The van der Waals surface area contributed by atoms with E-state index in [1.807, 2.05) is 0 Å². The third-order valence-electron chi connectivity index (χ3n) is 6.31. The number of hydrogen-bond donors (Lipinski definition) is 0. The van der Waals surface area contributed by atoms with E-state index >= 15 is 0 Å². The van der Waals surface area contributed by atoms with Gasteiger partial charge in [0, 0.05) is 43.9 Å². The first-order valence-electron chi connectivity index (χ1n) is 12.1. The predicted molar refractivity (Wildman–Crippen MR) is 156 cm³/mol. The average molecular weight is 483 g/mol.